The van der Waals surface area contributed by atoms with Crippen molar-refractivity contribution in [2.45, 2.75) is 45.6 Å². The van der Waals surface area contributed by atoms with Crippen molar-refractivity contribution in [2.75, 3.05) is 0 Å². The third-order valence-electron chi connectivity index (χ3n) is 5.14. The van der Waals surface area contributed by atoms with Gasteiger partial charge in [-0.05, 0) is 61.1 Å². The molecule has 11 heteroatoms. The predicted octanol–water partition coefficient (Wildman–Crippen LogP) is 1.24. The lowest BCUT2D eigenvalue weighted by molar-refractivity contribution is -0.153. The first kappa shape index (κ1) is 23.8. The van der Waals surface area contributed by atoms with Crippen LogP contribution in [0.2, 0.25) is 0 Å². The number of hydrogen-bond donors (Lipinski definition) is 3. The van der Waals surface area contributed by atoms with Gasteiger partial charge in [0.2, 0.25) is 0 Å². The number of aliphatic hydroxyl groups is 1. The molecule has 0 aromatic heterocycles. The van der Waals surface area contributed by atoms with Gasteiger partial charge in [0, 0.05) is 5.56 Å². The molecule has 1 heterocycles. The Balaban J connectivity index is 1.77. The molecule has 0 bridgehead atoms. The Morgan fingerprint density at radius 2 is 1.88 bits per heavy atom. The minimum atomic E-state index is -1.76. The summed E-state index contributed by atoms with van der Waals surface area (Å²) in [6.45, 7) is 3.73. The van der Waals surface area contributed by atoms with Crippen LogP contribution < -0.4 is 10.8 Å². The molecule has 1 aliphatic rings. The van der Waals surface area contributed by atoms with E-state index in [0.717, 1.165) is 5.56 Å². The number of ether oxygens (including phenoxy) is 1. The fourth-order valence-electron chi connectivity index (χ4n) is 3.41. The van der Waals surface area contributed by atoms with Gasteiger partial charge in [-0.3, -0.25) is 4.79 Å². The topological polar surface area (TPSA) is 105 Å². The van der Waals surface area contributed by atoms with E-state index in [1.807, 2.05) is 0 Å². The quantitative estimate of drug-likeness (QED) is 0.347. The smallest absolute Gasteiger partial charge is 0.459 e. The third kappa shape index (κ3) is 4.79. The fourth-order valence-corrected chi connectivity index (χ4v) is 3.41. The van der Waals surface area contributed by atoms with Crippen LogP contribution in [0, 0.1) is 24.4 Å². The highest BCUT2D eigenvalue weighted by Gasteiger charge is 2.37. The van der Waals surface area contributed by atoms with Crippen molar-refractivity contribution in [3.8, 4) is 0 Å². The van der Waals surface area contributed by atoms with E-state index in [0.29, 0.717) is 23.2 Å². The van der Waals surface area contributed by atoms with Crippen molar-refractivity contribution < 1.29 is 42.3 Å². The highest BCUT2D eigenvalue weighted by molar-refractivity contribution is 6.62. The Bertz CT molecular complexity index is 1050. The van der Waals surface area contributed by atoms with Gasteiger partial charge in [0.1, 0.15) is 6.61 Å². The molecule has 0 aliphatic carbocycles. The van der Waals surface area contributed by atoms with Gasteiger partial charge >= 0.3 is 13.1 Å². The van der Waals surface area contributed by atoms with E-state index < -0.39 is 54.7 Å². The first-order valence-electron chi connectivity index (χ1n) is 9.65. The van der Waals surface area contributed by atoms with Crippen LogP contribution >= 0.6 is 0 Å². The van der Waals surface area contributed by atoms with Crippen LogP contribution in [-0.2, 0) is 27.4 Å². The van der Waals surface area contributed by atoms with E-state index in [4.69, 9.17) is 9.39 Å². The Morgan fingerprint density at radius 1 is 1.25 bits per heavy atom. The number of benzene rings is 2. The average Bonchev–Trinajstić information content (AvgIpc) is 3.09. The molecule has 3 N–H and O–H groups in total. The van der Waals surface area contributed by atoms with E-state index in [1.165, 1.54) is 19.9 Å². The summed E-state index contributed by atoms with van der Waals surface area (Å²) >= 11 is 0. The molecule has 1 aliphatic heterocycles. The molecule has 7 nitrogen and oxygen atoms in total. The number of esters is 1. The van der Waals surface area contributed by atoms with Crippen LogP contribution in [0.25, 0.3) is 0 Å². The lowest BCUT2D eigenvalue weighted by atomic mass is 9.75. The number of fused-ring (bicyclic) bond motifs is 1. The van der Waals surface area contributed by atoms with Crippen LogP contribution in [0.3, 0.4) is 0 Å². The van der Waals surface area contributed by atoms with Crippen molar-refractivity contribution >= 4 is 24.5 Å². The zero-order chi connectivity index (χ0) is 23.8. The van der Waals surface area contributed by atoms with Crippen molar-refractivity contribution in [1.29, 1.82) is 0 Å². The van der Waals surface area contributed by atoms with Crippen LogP contribution in [-0.4, -0.2) is 40.8 Å². The number of hydrogen-bond acceptors (Lipinski definition) is 6. The maximum Gasteiger partial charge on any atom is 0.492 e. The highest BCUT2D eigenvalue weighted by Crippen LogP contribution is 2.19. The summed E-state index contributed by atoms with van der Waals surface area (Å²) in [6.07, 6.45) is 0. The fraction of sp³-hybridized carbons (Fsp3) is 0.333. The Hall–Kier alpha value is -2.89. The lowest BCUT2D eigenvalue weighted by Gasteiger charge is -2.28. The molecule has 1 atom stereocenters. The Labute approximate surface area is 182 Å². The molecule has 0 radical (unpaired) electrons. The molecule has 0 saturated carbocycles. The number of rotatable bonds is 6. The zero-order valence-corrected chi connectivity index (χ0v) is 17.5. The molecule has 0 unspecified atom stereocenters. The summed E-state index contributed by atoms with van der Waals surface area (Å²) in [4.78, 5) is 25.4. The second-order valence-electron chi connectivity index (χ2n) is 8.02. The van der Waals surface area contributed by atoms with E-state index in [1.54, 1.807) is 13.0 Å². The number of carbonyl (C=O) groups excluding carboxylic acids is 2. The molecule has 170 valence electrons. The van der Waals surface area contributed by atoms with Crippen molar-refractivity contribution in [1.82, 2.24) is 5.32 Å². The van der Waals surface area contributed by atoms with Crippen molar-refractivity contribution in [3.05, 3.63) is 64.0 Å². The molecule has 0 saturated heterocycles. The minimum Gasteiger partial charge on any atom is -0.459 e. The Kier molecular flexibility index (Phi) is 6.63. The van der Waals surface area contributed by atoms with Gasteiger partial charge in [-0.1, -0.05) is 6.07 Å². The summed E-state index contributed by atoms with van der Waals surface area (Å²) in [5, 5.41) is 22.7. The SMILES string of the molecule is Cc1c(C(=O)N[C@H](C(=O)OCc2cc(F)c(F)c(F)c2)C(C)(C)O)ccc2c1B(O)OC2. The molecule has 1 amide bonds. The maximum absolute atomic E-state index is 13.4. The normalized spacial score (nSPS) is 14.2. The number of halogens is 3. The van der Waals surface area contributed by atoms with Crippen LogP contribution in [0.1, 0.15) is 40.9 Å². The Morgan fingerprint density at radius 3 is 2.47 bits per heavy atom. The first-order chi connectivity index (χ1) is 14.9. The monoisotopic (exact) mass is 451 g/mol. The summed E-state index contributed by atoms with van der Waals surface area (Å²) in [7, 11) is -1.18. The summed E-state index contributed by atoms with van der Waals surface area (Å²) < 4.78 is 49.9. The summed E-state index contributed by atoms with van der Waals surface area (Å²) in [5.41, 5.74) is -0.134. The summed E-state index contributed by atoms with van der Waals surface area (Å²) in [5.74, 6) is -6.32. The second kappa shape index (κ2) is 8.93. The van der Waals surface area contributed by atoms with Crippen molar-refractivity contribution in [3.63, 3.8) is 0 Å². The molecular formula is C21H21BF3NO6. The van der Waals surface area contributed by atoms with Gasteiger partial charge < -0.3 is 24.8 Å². The van der Waals surface area contributed by atoms with E-state index in [-0.39, 0.29) is 17.7 Å². The van der Waals surface area contributed by atoms with Gasteiger partial charge in [0.15, 0.2) is 23.5 Å². The van der Waals surface area contributed by atoms with E-state index in [2.05, 4.69) is 5.32 Å². The lowest BCUT2D eigenvalue weighted by Crippen LogP contribution is -2.55. The number of amides is 1. The molecular weight excluding hydrogens is 430 g/mol. The minimum absolute atomic E-state index is 0.151. The van der Waals surface area contributed by atoms with Gasteiger partial charge in [-0.25, -0.2) is 18.0 Å². The molecule has 32 heavy (non-hydrogen) atoms. The summed E-state index contributed by atoms with van der Waals surface area (Å²) in [6, 6.07) is 2.92. The van der Waals surface area contributed by atoms with E-state index >= 15 is 0 Å². The molecule has 2 aromatic carbocycles. The molecule has 0 fully saturated rings. The van der Waals surface area contributed by atoms with Crippen LogP contribution in [0.4, 0.5) is 13.2 Å². The maximum atomic E-state index is 13.4. The molecule has 0 spiro atoms. The highest BCUT2D eigenvalue weighted by atomic mass is 19.2. The van der Waals surface area contributed by atoms with Crippen LogP contribution in [0.5, 0.6) is 0 Å². The first-order valence-corrected chi connectivity index (χ1v) is 9.65. The van der Waals surface area contributed by atoms with Gasteiger partial charge in [-0.15, -0.1) is 0 Å². The van der Waals surface area contributed by atoms with Crippen molar-refractivity contribution in [2.24, 2.45) is 0 Å². The van der Waals surface area contributed by atoms with Gasteiger partial charge in [0.25, 0.3) is 5.91 Å². The molecule has 3 rings (SSSR count). The number of carbonyl (C=O) groups is 2. The van der Waals surface area contributed by atoms with Crippen LogP contribution in [0.15, 0.2) is 24.3 Å². The predicted molar refractivity (Wildman–Crippen MR) is 107 cm³/mol. The molecule has 2 aromatic rings. The largest absolute Gasteiger partial charge is 0.492 e. The van der Waals surface area contributed by atoms with E-state index in [9.17, 15) is 32.9 Å². The average molecular weight is 451 g/mol. The van der Waals surface area contributed by atoms with Gasteiger partial charge in [0.05, 0.1) is 12.2 Å². The zero-order valence-electron chi connectivity index (χ0n) is 17.5. The third-order valence-corrected chi connectivity index (χ3v) is 5.14. The second-order valence-corrected chi connectivity index (χ2v) is 8.02. The number of nitrogens with one attached hydrogen (secondary N) is 1. The van der Waals surface area contributed by atoms with Gasteiger partial charge in [-0.2, -0.15) is 0 Å². The standard InChI is InChI=1S/C21H21BF3NO6/c1-10-13(5-4-12-9-32-22(30)16(10)12)19(27)26-18(21(2,3)29)20(28)31-8-11-6-14(23)17(25)15(24)7-11/h4-7,18,29-30H,8-9H2,1-3H3,(H,26,27)/t18-/m1/s1.